The fourth-order valence-corrected chi connectivity index (χ4v) is 3.12. The van der Waals surface area contributed by atoms with Crippen molar-refractivity contribution in [1.82, 2.24) is 9.88 Å². The normalized spacial score (nSPS) is 18.3. The van der Waals surface area contributed by atoms with E-state index in [-0.39, 0.29) is 0 Å². The van der Waals surface area contributed by atoms with Crippen LogP contribution in [0.25, 0.3) is 0 Å². The van der Waals surface area contributed by atoms with Crippen LogP contribution < -0.4 is 5.32 Å². The van der Waals surface area contributed by atoms with E-state index in [2.05, 4.69) is 22.1 Å². The number of aromatic nitrogens is 1. The molecule has 1 saturated heterocycles. The van der Waals surface area contributed by atoms with Crippen LogP contribution in [0.1, 0.15) is 31.1 Å². The minimum absolute atomic E-state index is 0.302. The van der Waals surface area contributed by atoms with Gasteiger partial charge in [0.2, 0.25) is 0 Å². The van der Waals surface area contributed by atoms with Gasteiger partial charge in [0, 0.05) is 12.6 Å². The molecule has 1 aromatic heterocycles. The van der Waals surface area contributed by atoms with E-state index in [1.54, 1.807) is 0 Å². The van der Waals surface area contributed by atoms with Crippen molar-refractivity contribution in [3.63, 3.8) is 0 Å². The molecule has 0 aromatic carbocycles. The van der Waals surface area contributed by atoms with Crippen LogP contribution in [0.15, 0.2) is 0 Å². The Bertz CT molecular complexity index is 434. The van der Waals surface area contributed by atoms with Crippen LogP contribution in [0.3, 0.4) is 0 Å². The fourth-order valence-electron chi connectivity index (χ4n) is 2.17. The first-order valence-electron chi connectivity index (χ1n) is 6.25. The molecule has 0 amide bonds. The molecule has 1 aromatic rings. The number of likely N-dealkylation sites (tertiary alicyclic amines) is 1. The molecule has 98 valence electrons. The molecule has 1 aliphatic heterocycles. The van der Waals surface area contributed by atoms with Crippen LogP contribution in [-0.4, -0.2) is 35.6 Å². The van der Waals surface area contributed by atoms with E-state index in [0.29, 0.717) is 16.1 Å². The van der Waals surface area contributed by atoms with Crippen LogP contribution >= 0.6 is 22.9 Å². The summed E-state index contributed by atoms with van der Waals surface area (Å²) >= 11 is 7.15. The van der Waals surface area contributed by atoms with E-state index in [0.717, 1.165) is 11.7 Å². The molecule has 0 spiro atoms. The average Bonchev–Trinajstić information content (AvgIpc) is 2.77. The van der Waals surface area contributed by atoms with E-state index in [4.69, 9.17) is 16.9 Å². The van der Waals surface area contributed by atoms with Crippen molar-refractivity contribution in [2.24, 2.45) is 0 Å². The summed E-state index contributed by atoms with van der Waals surface area (Å²) in [6.07, 6.45) is 3.95. The maximum absolute atomic E-state index is 8.81. The van der Waals surface area contributed by atoms with Gasteiger partial charge in [-0.05, 0) is 32.9 Å². The highest BCUT2D eigenvalue weighted by Gasteiger charge is 2.17. The van der Waals surface area contributed by atoms with E-state index < -0.39 is 0 Å². The Kier molecular flexibility index (Phi) is 4.81. The Morgan fingerprint density at radius 3 is 2.83 bits per heavy atom. The summed E-state index contributed by atoms with van der Waals surface area (Å²) in [5, 5.41) is 13.1. The monoisotopic (exact) mass is 284 g/mol. The zero-order chi connectivity index (χ0) is 13.0. The number of halogens is 1. The van der Waals surface area contributed by atoms with E-state index in [9.17, 15) is 0 Å². The van der Waals surface area contributed by atoms with Gasteiger partial charge in [-0.25, -0.2) is 4.98 Å². The summed E-state index contributed by atoms with van der Waals surface area (Å²) < 4.78 is 0. The third-order valence-electron chi connectivity index (χ3n) is 3.25. The molecule has 0 bridgehead atoms. The zero-order valence-corrected chi connectivity index (χ0v) is 12.0. The predicted molar refractivity (Wildman–Crippen MR) is 75.2 cm³/mol. The predicted octanol–water partition coefficient (Wildman–Crippen LogP) is 2.95. The lowest BCUT2D eigenvalue weighted by Gasteiger charge is -2.32. The van der Waals surface area contributed by atoms with Gasteiger partial charge in [-0.2, -0.15) is 5.26 Å². The molecule has 2 heterocycles. The highest BCUT2D eigenvalue weighted by Crippen LogP contribution is 2.25. The zero-order valence-electron chi connectivity index (χ0n) is 10.4. The van der Waals surface area contributed by atoms with Crippen molar-refractivity contribution in [3.05, 3.63) is 10.0 Å². The number of piperidine rings is 1. The molecule has 6 heteroatoms. The molecule has 1 fully saturated rings. The van der Waals surface area contributed by atoms with Gasteiger partial charge < -0.3 is 5.32 Å². The first-order chi connectivity index (χ1) is 8.70. The topological polar surface area (TPSA) is 52.0 Å². The summed E-state index contributed by atoms with van der Waals surface area (Å²) in [5.41, 5.74) is 0. The number of thiazole rings is 1. The van der Waals surface area contributed by atoms with Gasteiger partial charge in [0.1, 0.15) is 10.9 Å². The third-order valence-corrected chi connectivity index (χ3v) is 4.55. The minimum Gasteiger partial charge on any atom is -0.360 e. The van der Waals surface area contributed by atoms with Crippen LogP contribution in [0, 0.1) is 11.3 Å². The van der Waals surface area contributed by atoms with Crippen molar-refractivity contribution in [2.75, 3.05) is 25.0 Å². The first-order valence-corrected chi connectivity index (χ1v) is 7.44. The maximum atomic E-state index is 8.81. The smallest absolute Gasteiger partial charge is 0.185 e. The molecule has 2 rings (SSSR count). The quantitative estimate of drug-likeness (QED) is 0.924. The van der Waals surface area contributed by atoms with Crippen molar-refractivity contribution < 1.29 is 0 Å². The standard InChI is InChI=1S/C12H17ClN4S/c1-9(17-5-3-2-4-6-17)8-15-12-16-11(13)10(7-14)18-12/h9H,2-6,8H2,1H3,(H,15,16). The molecule has 0 aliphatic carbocycles. The first kappa shape index (κ1) is 13.6. The summed E-state index contributed by atoms with van der Waals surface area (Å²) in [5.74, 6) is 0. The average molecular weight is 285 g/mol. The second-order valence-electron chi connectivity index (χ2n) is 4.58. The molecule has 0 saturated carbocycles. The third kappa shape index (κ3) is 3.35. The number of nitriles is 1. The van der Waals surface area contributed by atoms with Crippen molar-refractivity contribution >= 4 is 28.1 Å². The number of hydrogen-bond donors (Lipinski definition) is 1. The largest absolute Gasteiger partial charge is 0.360 e. The van der Waals surface area contributed by atoms with Crippen LogP contribution in [0.4, 0.5) is 5.13 Å². The van der Waals surface area contributed by atoms with Gasteiger partial charge in [0.25, 0.3) is 0 Å². The van der Waals surface area contributed by atoms with Gasteiger partial charge in [-0.3, -0.25) is 4.90 Å². The lowest BCUT2D eigenvalue weighted by molar-refractivity contribution is 0.180. The lowest BCUT2D eigenvalue weighted by Crippen LogP contribution is -2.41. The summed E-state index contributed by atoms with van der Waals surface area (Å²) in [4.78, 5) is 7.10. The number of nitrogens with zero attached hydrogens (tertiary/aromatic N) is 3. The molecule has 1 N–H and O–H groups in total. The second kappa shape index (κ2) is 6.37. The van der Waals surface area contributed by atoms with E-state index in [1.807, 2.05) is 6.07 Å². The molecule has 4 nitrogen and oxygen atoms in total. The lowest BCUT2D eigenvalue weighted by atomic mass is 10.1. The molecule has 1 atom stereocenters. The SMILES string of the molecule is CC(CNc1nc(Cl)c(C#N)s1)N1CCCCC1. The highest BCUT2D eigenvalue weighted by molar-refractivity contribution is 7.16. The second-order valence-corrected chi connectivity index (χ2v) is 5.93. The van der Waals surface area contributed by atoms with Gasteiger partial charge >= 0.3 is 0 Å². The molecule has 1 unspecified atom stereocenters. The Morgan fingerprint density at radius 1 is 1.50 bits per heavy atom. The van der Waals surface area contributed by atoms with Crippen molar-refractivity contribution in [1.29, 1.82) is 5.26 Å². The van der Waals surface area contributed by atoms with Crippen LogP contribution in [-0.2, 0) is 0 Å². The summed E-state index contributed by atoms with van der Waals surface area (Å²) in [6, 6.07) is 2.53. The van der Waals surface area contributed by atoms with E-state index >= 15 is 0 Å². The fraction of sp³-hybridized carbons (Fsp3) is 0.667. The number of anilines is 1. The Labute approximate surface area is 117 Å². The molecule has 18 heavy (non-hydrogen) atoms. The number of nitrogens with one attached hydrogen (secondary N) is 1. The summed E-state index contributed by atoms with van der Waals surface area (Å²) in [7, 11) is 0. The highest BCUT2D eigenvalue weighted by atomic mass is 35.5. The van der Waals surface area contributed by atoms with Crippen LogP contribution in [0.5, 0.6) is 0 Å². The molecular formula is C12H17ClN4S. The van der Waals surface area contributed by atoms with Gasteiger partial charge in [-0.15, -0.1) is 0 Å². The van der Waals surface area contributed by atoms with Gasteiger partial charge in [0.05, 0.1) is 0 Å². The summed E-state index contributed by atoms with van der Waals surface area (Å²) in [6.45, 7) is 5.43. The minimum atomic E-state index is 0.302. The molecule has 1 aliphatic rings. The van der Waals surface area contributed by atoms with Gasteiger partial charge in [-0.1, -0.05) is 29.4 Å². The van der Waals surface area contributed by atoms with Crippen molar-refractivity contribution in [2.45, 2.75) is 32.2 Å². The van der Waals surface area contributed by atoms with E-state index in [1.165, 1.54) is 43.7 Å². The number of hydrogen-bond acceptors (Lipinski definition) is 5. The van der Waals surface area contributed by atoms with Gasteiger partial charge in [0.15, 0.2) is 10.3 Å². The Morgan fingerprint density at radius 2 is 2.22 bits per heavy atom. The number of rotatable bonds is 4. The van der Waals surface area contributed by atoms with Crippen molar-refractivity contribution in [3.8, 4) is 6.07 Å². The van der Waals surface area contributed by atoms with Crippen LogP contribution in [0.2, 0.25) is 5.15 Å². The Hall–Kier alpha value is -0.830. The maximum Gasteiger partial charge on any atom is 0.185 e. The molecular weight excluding hydrogens is 268 g/mol. The Balaban J connectivity index is 1.84. The molecule has 0 radical (unpaired) electrons.